The zero-order chi connectivity index (χ0) is 15.4. The predicted octanol–water partition coefficient (Wildman–Crippen LogP) is 3.05. The van der Waals surface area contributed by atoms with E-state index in [2.05, 4.69) is 25.2 Å². The number of amides is 1. The van der Waals surface area contributed by atoms with E-state index in [-0.39, 0.29) is 11.7 Å². The van der Waals surface area contributed by atoms with Crippen LogP contribution in [0.3, 0.4) is 0 Å². The van der Waals surface area contributed by atoms with Crippen LogP contribution in [0, 0.1) is 5.82 Å². The molecule has 1 aromatic rings. The quantitative estimate of drug-likeness (QED) is 0.925. The van der Waals surface area contributed by atoms with Gasteiger partial charge in [0, 0.05) is 32.6 Å². The number of rotatable bonds is 4. The summed E-state index contributed by atoms with van der Waals surface area (Å²) in [4.78, 5) is 13.2. The van der Waals surface area contributed by atoms with Crippen molar-refractivity contribution in [2.75, 3.05) is 13.1 Å². The first-order valence-corrected chi connectivity index (χ1v) is 7.74. The molecule has 0 aliphatic carbocycles. The number of hydrogen-bond acceptors (Lipinski definition) is 2. The second kappa shape index (κ2) is 7.03. The van der Waals surface area contributed by atoms with E-state index >= 15 is 0 Å². The van der Waals surface area contributed by atoms with Gasteiger partial charge in [0.15, 0.2) is 0 Å². The molecule has 1 heterocycles. The van der Waals surface area contributed by atoms with Gasteiger partial charge in [0.2, 0.25) is 5.91 Å². The fourth-order valence-electron chi connectivity index (χ4n) is 2.77. The second-order valence-corrected chi connectivity index (χ2v) is 6.21. The van der Waals surface area contributed by atoms with Gasteiger partial charge in [-0.2, -0.15) is 0 Å². The molecular weight excluding hydrogens is 267 g/mol. The van der Waals surface area contributed by atoms with Crippen molar-refractivity contribution in [2.45, 2.75) is 52.1 Å². The van der Waals surface area contributed by atoms with E-state index in [1.807, 2.05) is 4.90 Å². The largest absolute Gasteiger partial charge is 0.343 e. The highest BCUT2D eigenvalue weighted by atomic mass is 19.1. The lowest BCUT2D eigenvalue weighted by Crippen LogP contribution is -2.43. The minimum absolute atomic E-state index is 0.153. The maximum Gasteiger partial charge on any atom is 0.219 e. The van der Waals surface area contributed by atoms with Gasteiger partial charge in [-0.15, -0.1) is 0 Å². The molecule has 4 heteroatoms. The van der Waals surface area contributed by atoms with Crippen LogP contribution in [-0.2, 0) is 11.3 Å². The number of benzene rings is 1. The normalized spacial score (nSPS) is 16.5. The van der Waals surface area contributed by atoms with Crippen molar-refractivity contribution in [1.82, 2.24) is 10.2 Å². The maximum absolute atomic E-state index is 13.6. The predicted molar refractivity (Wildman–Crippen MR) is 82.6 cm³/mol. The molecule has 1 N–H and O–H groups in total. The molecule has 21 heavy (non-hydrogen) atoms. The Morgan fingerprint density at radius 2 is 2.00 bits per heavy atom. The molecule has 0 saturated carbocycles. The lowest BCUT2D eigenvalue weighted by atomic mass is 10.00. The fourth-order valence-corrected chi connectivity index (χ4v) is 2.77. The van der Waals surface area contributed by atoms with E-state index in [0.717, 1.165) is 37.1 Å². The lowest BCUT2D eigenvalue weighted by molar-refractivity contribution is -0.129. The van der Waals surface area contributed by atoms with E-state index in [9.17, 15) is 9.18 Å². The Bertz CT molecular complexity index is 494. The molecule has 2 rings (SSSR count). The molecule has 0 bridgehead atoms. The number of nitrogens with one attached hydrogen (secondary N) is 1. The highest BCUT2D eigenvalue weighted by molar-refractivity contribution is 5.73. The van der Waals surface area contributed by atoms with E-state index in [1.54, 1.807) is 19.1 Å². The molecule has 1 aromatic carbocycles. The minimum Gasteiger partial charge on any atom is -0.343 e. The Morgan fingerprint density at radius 3 is 2.57 bits per heavy atom. The van der Waals surface area contributed by atoms with Crippen molar-refractivity contribution in [3.05, 3.63) is 35.1 Å². The molecule has 0 radical (unpaired) electrons. The lowest BCUT2D eigenvalue weighted by Gasteiger charge is -2.31. The van der Waals surface area contributed by atoms with Crippen LogP contribution in [-0.4, -0.2) is 29.9 Å². The Labute approximate surface area is 126 Å². The van der Waals surface area contributed by atoms with Crippen LogP contribution in [0.1, 0.15) is 50.7 Å². The van der Waals surface area contributed by atoms with Gasteiger partial charge in [-0.1, -0.05) is 19.9 Å². The highest BCUT2D eigenvalue weighted by Gasteiger charge is 2.20. The van der Waals surface area contributed by atoms with Gasteiger partial charge in [-0.3, -0.25) is 4.79 Å². The third-order valence-corrected chi connectivity index (χ3v) is 4.18. The molecule has 1 fully saturated rings. The zero-order valence-corrected chi connectivity index (χ0v) is 13.2. The molecule has 1 amide bonds. The van der Waals surface area contributed by atoms with Crippen LogP contribution in [0.15, 0.2) is 18.2 Å². The van der Waals surface area contributed by atoms with Gasteiger partial charge < -0.3 is 10.2 Å². The van der Waals surface area contributed by atoms with Crippen LogP contribution in [0.25, 0.3) is 0 Å². The molecule has 1 saturated heterocycles. The summed E-state index contributed by atoms with van der Waals surface area (Å²) in [6.07, 6.45) is 1.93. The first-order chi connectivity index (χ1) is 9.95. The van der Waals surface area contributed by atoms with Crippen molar-refractivity contribution in [3.8, 4) is 0 Å². The molecule has 1 aliphatic heterocycles. The number of piperidine rings is 1. The van der Waals surface area contributed by atoms with Crippen molar-refractivity contribution in [2.24, 2.45) is 0 Å². The van der Waals surface area contributed by atoms with Crippen LogP contribution < -0.4 is 5.32 Å². The summed E-state index contributed by atoms with van der Waals surface area (Å²) >= 11 is 0. The standard InChI is InChI=1S/C17H25FN2O/c1-12(2)15-8-14(9-16(18)10-15)11-19-17-4-6-20(7-5-17)13(3)21/h8-10,12,17,19H,4-7,11H2,1-3H3. The number of carbonyl (C=O) groups excluding carboxylic acids is 1. The third-order valence-electron chi connectivity index (χ3n) is 4.18. The molecule has 3 nitrogen and oxygen atoms in total. The average Bonchev–Trinajstić information content (AvgIpc) is 2.45. The summed E-state index contributed by atoms with van der Waals surface area (Å²) in [5, 5.41) is 3.49. The smallest absolute Gasteiger partial charge is 0.219 e. The second-order valence-electron chi connectivity index (χ2n) is 6.21. The molecule has 0 aromatic heterocycles. The van der Waals surface area contributed by atoms with E-state index in [4.69, 9.17) is 0 Å². The first kappa shape index (κ1) is 16.0. The Balaban J connectivity index is 1.88. The van der Waals surface area contributed by atoms with Crippen molar-refractivity contribution in [1.29, 1.82) is 0 Å². The molecular formula is C17H25FN2O. The minimum atomic E-state index is -0.163. The Kier molecular flexibility index (Phi) is 5.34. The molecule has 0 unspecified atom stereocenters. The van der Waals surface area contributed by atoms with Crippen LogP contribution in [0.5, 0.6) is 0 Å². The molecule has 1 aliphatic rings. The number of halogens is 1. The van der Waals surface area contributed by atoms with E-state index < -0.39 is 0 Å². The van der Waals surface area contributed by atoms with Gasteiger partial charge in [0.25, 0.3) is 0 Å². The van der Waals surface area contributed by atoms with E-state index in [1.165, 1.54) is 0 Å². The van der Waals surface area contributed by atoms with Crippen molar-refractivity contribution >= 4 is 5.91 Å². The van der Waals surface area contributed by atoms with Gasteiger partial charge in [-0.25, -0.2) is 4.39 Å². The van der Waals surface area contributed by atoms with Gasteiger partial charge in [0.1, 0.15) is 5.82 Å². The summed E-state index contributed by atoms with van der Waals surface area (Å²) < 4.78 is 13.6. The first-order valence-electron chi connectivity index (χ1n) is 7.74. The maximum atomic E-state index is 13.6. The number of likely N-dealkylation sites (tertiary alicyclic amines) is 1. The number of carbonyl (C=O) groups is 1. The zero-order valence-electron chi connectivity index (χ0n) is 13.2. The molecule has 0 atom stereocenters. The fraction of sp³-hybridized carbons (Fsp3) is 0.588. The van der Waals surface area contributed by atoms with Gasteiger partial charge >= 0.3 is 0 Å². The SMILES string of the molecule is CC(=O)N1CCC(NCc2cc(F)cc(C(C)C)c2)CC1. The van der Waals surface area contributed by atoms with Crippen molar-refractivity contribution < 1.29 is 9.18 Å². The van der Waals surface area contributed by atoms with Gasteiger partial charge in [-0.05, 0) is 42.0 Å². The van der Waals surface area contributed by atoms with E-state index in [0.29, 0.717) is 18.5 Å². The van der Waals surface area contributed by atoms with Gasteiger partial charge in [0.05, 0.1) is 0 Å². The Hall–Kier alpha value is -1.42. The summed E-state index contributed by atoms with van der Waals surface area (Å²) in [7, 11) is 0. The third kappa shape index (κ3) is 4.53. The topological polar surface area (TPSA) is 32.3 Å². The van der Waals surface area contributed by atoms with Crippen LogP contribution in [0.2, 0.25) is 0 Å². The summed E-state index contributed by atoms with van der Waals surface area (Å²) in [6.45, 7) is 8.07. The summed E-state index contributed by atoms with van der Waals surface area (Å²) in [5.41, 5.74) is 2.03. The van der Waals surface area contributed by atoms with Crippen LogP contribution >= 0.6 is 0 Å². The summed E-state index contributed by atoms with van der Waals surface area (Å²) in [5.74, 6) is 0.322. The highest BCUT2D eigenvalue weighted by Crippen LogP contribution is 2.18. The summed E-state index contributed by atoms with van der Waals surface area (Å²) in [6, 6.07) is 5.69. The number of nitrogens with zero attached hydrogens (tertiary/aromatic N) is 1. The number of hydrogen-bond donors (Lipinski definition) is 1. The van der Waals surface area contributed by atoms with Crippen molar-refractivity contribution in [3.63, 3.8) is 0 Å². The molecule has 0 spiro atoms. The Morgan fingerprint density at radius 1 is 1.33 bits per heavy atom. The molecule has 116 valence electrons. The van der Waals surface area contributed by atoms with Crippen LogP contribution in [0.4, 0.5) is 4.39 Å². The average molecular weight is 292 g/mol. The monoisotopic (exact) mass is 292 g/mol.